The minimum Gasteiger partial charge on any atom is -0.465 e. The second kappa shape index (κ2) is 6.90. The lowest BCUT2D eigenvalue weighted by molar-refractivity contribution is -0.684. The smallest absolute Gasteiger partial charge is 0.305 e. The first-order chi connectivity index (χ1) is 9.34. The van der Waals surface area contributed by atoms with Gasteiger partial charge in [-0.2, -0.15) is 9.67 Å². The van der Waals surface area contributed by atoms with Crippen molar-refractivity contribution in [1.29, 1.82) is 0 Å². The topological polar surface area (TPSA) is 58.5 Å². The van der Waals surface area contributed by atoms with Gasteiger partial charge in [0.15, 0.2) is 12.4 Å². The minimum atomic E-state index is -0.182. The van der Waals surface area contributed by atoms with Crippen molar-refractivity contribution in [3.8, 4) is 0 Å². The van der Waals surface area contributed by atoms with E-state index in [1.54, 1.807) is 29.0 Å². The zero-order valence-electron chi connectivity index (χ0n) is 10.3. The summed E-state index contributed by atoms with van der Waals surface area (Å²) in [5.74, 6) is 0.552. The Kier molecular flexibility index (Phi) is 4.64. The van der Waals surface area contributed by atoms with Gasteiger partial charge in [0.25, 0.3) is 0 Å². The number of nitrogens with zero attached hydrogens (tertiary/aromatic N) is 2. The molecule has 0 saturated carbocycles. The molecule has 1 amide bonds. The molecule has 19 heavy (non-hydrogen) atoms. The lowest BCUT2D eigenvalue weighted by Gasteiger charge is -1.95. The number of hydrogen-bond acceptors (Lipinski definition) is 3. The normalized spacial score (nSPS) is 11.2. The fourth-order valence-electron chi connectivity index (χ4n) is 1.42. The Hall–Kier alpha value is -2.69. The van der Waals surface area contributed by atoms with Gasteiger partial charge in [0.05, 0.1) is 6.26 Å². The number of nitrogens with one attached hydrogen (secondary N) is 1. The van der Waals surface area contributed by atoms with Crippen LogP contribution in [0.1, 0.15) is 5.76 Å². The highest BCUT2D eigenvalue weighted by molar-refractivity contribution is 5.80. The molecule has 0 atom stereocenters. The Morgan fingerprint density at radius 3 is 2.89 bits per heavy atom. The monoisotopic (exact) mass is 256 g/mol. The number of amides is 1. The van der Waals surface area contributed by atoms with Crippen LogP contribution in [0.4, 0.5) is 0 Å². The van der Waals surface area contributed by atoms with Crippen LogP contribution in [-0.2, 0) is 11.3 Å². The maximum Gasteiger partial charge on any atom is 0.305 e. The molecular formula is C14H14N3O2+. The van der Waals surface area contributed by atoms with E-state index in [2.05, 4.69) is 10.5 Å². The summed E-state index contributed by atoms with van der Waals surface area (Å²) in [7, 11) is 0. The Bertz CT molecular complexity index is 560. The molecule has 5 nitrogen and oxygen atoms in total. The van der Waals surface area contributed by atoms with Gasteiger partial charge in [-0.1, -0.05) is 6.07 Å². The largest absolute Gasteiger partial charge is 0.465 e. The van der Waals surface area contributed by atoms with E-state index < -0.39 is 0 Å². The van der Waals surface area contributed by atoms with Crippen LogP contribution in [-0.4, -0.2) is 12.1 Å². The number of carbonyl (C=O) groups is 1. The fraction of sp³-hybridized carbons (Fsp3) is 0.0714. The predicted molar refractivity (Wildman–Crippen MR) is 71.0 cm³/mol. The third-order valence-electron chi connectivity index (χ3n) is 2.26. The minimum absolute atomic E-state index is 0.182. The van der Waals surface area contributed by atoms with Crippen molar-refractivity contribution < 1.29 is 13.8 Å². The molecule has 0 unspecified atom stereocenters. The molecule has 0 fully saturated rings. The van der Waals surface area contributed by atoms with E-state index in [4.69, 9.17) is 4.42 Å². The van der Waals surface area contributed by atoms with Gasteiger partial charge in [-0.3, -0.25) is 4.79 Å². The number of pyridine rings is 1. The molecule has 2 aromatic heterocycles. The molecule has 2 heterocycles. The van der Waals surface area contributed by atoms with Crippen molar-refractivity contribution in [3.05, 3.63) is 60.8 Å². The van der Waals surface area contributed by atoms with Crippen molar-refractivity contribution in [1.82, 2.24) is 5.43 Å². The first kappa shape index (κ1) is 12.8. The van der Waals surface area contributed by atoms with Crippen LogP contribution in [0.2, 0.25) is 0 Å². The van der Waals surface area contributed by atoms with Gasteiger partial charge in [-0.15, -0.1) is 0 Å². The molecule has 0 saturated heterocycles. The number of rotatable bonds is 5. The first-order valence-corrected chi connectivity index (χ1v) is 5.81. The highest BCUT2D eigenvalue weighted by Gasteiger charge is 2.05. The van der Waals surface area contributed by atoms with E-state index in [0.717, 1.165) is 5.76 Å². The second-order valence-electron chi connectivity index (χ2n) is 3.74. The number of hydrazone groups is 1. The van der Waals surface area contributed by atoms with E-state index in [0.29, 0.717) is 0 Å². The van der Waals surface area contributed by atoms with Crippen LogP contribution < -0.4 is 9.99 Å². The van der Waals surface area contributed by atoms with Crippen LogP contribution >= 0.6 is 0 Å². The summed E-state index contributed by atoms with van der Waals surface area (Å²) < 4.78 is 6.87. The summed E-state index contributed by atoms with van der Waals surface area (Å²) in [6, 6.07) is 9.25. The van der Waals surface area contributed by atoms with Crippen molar-refractivity contribution in [2.24, 2.45) is 5.10 Å². The van der Waals surface area contributed by atoms with Crippen LogP contribution in [0.5, 0.6) is 0 Å². The quantitative estimate of drug-likeness (QED) is 0.499. The molecule has 5 heteroatoms. The average Bonchev–Trinajstić information content (AvgIpc) is 2.92. The number of hydrogen-bond donors (Lipinski definition) is 1. The summed E-state index contributed by atoms with van der Waals surface area (Å²) in [6.45, 7) is 0.236. The van der Waals surface area contributed by atoms with Gasteiger partial charge < -0.3 is 4.42 Å². The number of furan rings is 1. The predicted octanol–water partition coefficient (Wildman–Crippen LogP) is 1.38. The molecule has 0 spiro atoms. The van der Waals surface area contributed by atoms with Gasteiger partial charge in [-0.25, -0.2) is 5.43 Å². The lowest BCUT2D eigenvalue weighted by Crippen LogP contribution is -2.40. The van der Waals surface area contributed by atoms with E-state index in [9.17, 15) is 4.79 Å². The molecule has 0 aliphatic heterocycles. The zero-order chi connectivity index (χ0) is 13.3. The van der Waals surface area contributed by atoms with Crippen molar-refractivity contribution in [3.63, 3.8) is 0 Å². The summed E-state index contributed by atoms with van der Waals surface area (Å²) in [4.78, 5) is 11.5. The van der Waals surface area contributed by atoms with Crippen LogP contribution in [0.3, 0.4) is 0 Å². The molecule has 2 rings (SSSR count). The van der Waals surface area contributed by atoms with Crippen molar-refractivity contribution in [2.75, 3.05) is 0 Å². The summed E-state index contributed by atoms with van der Waals surface area (Å²) in [6.07, 6.45) is 10.2. The van der Waals surface area contributed by atoms with Crippen LogP contribution in [0, 0.1) is 0 Å². The molecule has 1 N–H and O–H groups in total. The number of carbonyl (C=O) groups excluding carboxylic acids is 1. The van der Waals surface area contributed by atoms with E-state index in [1.165, 1.54) is 6.21 Å². The maximum absolute atomic E-state index is 11.5. The van der Waals surface area contributed by atoms with E-state index in [-0.39, 0.29) is 12.5 Å². The second-order valence-corrected chi connectivity index (χ2v) is 3.74. The highest BCUT2D eigenvalue weighted by Crippen LogP contribution is 2.00. The molecule has 0 aliphatic carbocycles. The van der Waals surface area contributed by atoms with Gasteiger partial charge >= 0.3 is 5.91 Å². The van der Waals surface area contributed by atoms with Crippen LogP contribution in [0.25, 0.3) is 6.08 Å². The number of allylic oxidation sites excluding steroid dienone is 1. The van der Waals surface area contributed by atoms with Crippen molar-refractivity contribution >= 4 is 18.2 Å². The van der Waals surface area contributed by atoms with E-state index in [1.807, 2.05) is 36.7 Å². The molecular weight excluding hydrogens is 242 g/mol. The molecule has 96 valence electrons. The fourth-order valence-corrected chi connectivity index (χ4v) is 1.42. The zero-order valence-corrected chi connectivity index (χ0v) is 10.3. The molecule has 0 aliphatic rings. The van der Waals surface area contributed by atoms with Gasteiger partial charge in [0, 0.05) is 18.3 Å². The maximum atomic E-state index is 11.5. The Balaban J connectivity index is 1.74. The molecule has 0 radical (unpaired) electrons. The standard InChI is InChI=1S/C14H13N3O2/c18-14(12-17-9-2-1-3-10-17)16-15-8-4-6-13-7-5-11-19-13/h1-11H,12H2/p+1/b6-4-,15-8-. The van der Waals surface area contributed by atoms with Crippen LogP contribution in [0.15, 0.2) is 64.6 Å². The summed E-state index contributed by atoms with van der Waals surface area (Å²) in [5, 5.41) is 3.80. The third-order valence-corrected chi connectivity index (χ3v) is 2.26. The SMILES string of the molecule is O=C(C[n+]1ccccc1)N/N=C\C=C/c1ccco1. The van der Waals surface area contributed by atoms with Gasteiger partial charge in [0.1, 0.15) is 5.76 Å². The first-order valence-electron chi connectivity index (χ1n) is 5.81. The van der Waals surface area contributed by atoms with Gasteiger partial charge in [-0.05, 0) is 24.3 Å². The van der Waals surface area contributed by atoms with E-state index >= 15 is 0 Å². The highest BCUT2D eigenvalue weighted by atomic mass is 16.3. The lowest BCUT2D eigenvalue weighted by atomic mass is 10.4. The Labute approximate surface area is 110 Å². The molecule has 0 bridgehead atoms. The Morgan fingerprint density at radius 2 is 2.16 bits per heavy atom. The molecule has 0 aromatic carbocycles. The summed E-state index contributed by atoms with van der Waals surface area (Å²) >= 11 is 0. The Morgan fingerprint density at radius 1 is 1.32 bits per heavy atom. The number of aromatic nitrogens is 1. The summed E-state index contributed by atoms with van der Waals surface area (Å²) in [5.41, 5.74) is 2.44. The molecule has 2 aromatic rings. The van der Waals surface area contributed by atoms with Crippen molar-refractivity contribution in [2.45, 2.75) is 6.54 Å². The third kappa shape index (κ3) is 4.59. The average molecular weight is 256 g/mol. The van der Waals surface area contributed by atoms with Gasteiger partial charge in [0.2, 0.25) is 6.54 Å².